The Bertz CT molecular complexity index is 569. The fourth-order valence-corrected chi connectivity index (χ4v) is 2.58. The van der Waals surface area contributed by atoms with Crippen LogP contribution in [0.25, 0.3) is 0 Å². The van der Waals surface area contributed by atoms with Gasteiger partial charge in [0.2, 0.25) is 0 Å². The predicted octanol–water partition coefficient (Wildman–Crippen LogP) is 2.36. The summed E-state index contributed by atoms with van der Waals surface area (Å²) in [5.74, 6) is -1.23. The van der Waals surface area contributed by atoms with Gasteiger partial charge < -0.3 is 9.64 Å². The minimum absolute atomic E-state index is 0.108. The van der Waals surface area contributed by atoms with Gasteiger partial charge in [-0.2, -0.15) is 0 Å². The largest absolute Gasteiger partial charge is 0.373 e. The molecule has 1 heterocycles. The zero-order valence-electron chi connectivity index (χ0n) is 11.3. The van der Waals surface area contributed by atoms with E-state index in [4.69, 9.17) is 4.74 Å². The molecule has 1 aliphatic heterocycles. The third-order valence-corrected chi connectivity index (χ3v) is 4.05. The molecule has 2 atom stereocenters. The molecule has 0 aliphatic carbocycles. The summed E-state index contributed by atoms with van der Waals surface area (Å²) in [4.78, 5) is 24.3. The van der Waals surface area contributed by atoms with Crippen molar-refractivity contribution in [3.05, 3.63) is 39.7 Å². The van der Waals surface area contributed by atoms with Crippen LogP contribution >= 0.6 is 15.9 Å². The van der Waals surface area contributed by atoms with E-state index in [1.165, 1.54) is 4.90 Å². The Kier molecular flexibility index (Phi) is 4.89. The van der Waals surface area contributed by atoms with Gasteiger partial charge >= 0.3 is 0 Å². The van der Waals surface area contributed by atoms with Gasteiger partial charge in [0.15, 0.2) is 0 Å². The number of carbonyl (C=O) groups excluding carboxylic acids is 1. The average molecular weight is 361 g/mol. The highest BCUT2D eigenvalue weighted by atomic mass is 79.9. The molecule has 0 bridgehead atoms. The van der Waals surface area contributed by atoms with E-state index in [9.17, 15) is 19.3 Å². The van der Waals surface area contributed by atoms with Gasteiger partial charge in [-0.15, -0.1) is 0 Å². The van der Waals surface area contributed by atoms with Crippen LogP contribution in [0.1, 0.15) is 17.3 Å². The number of halogens is 2. The second-order valence-electron chi connectivity index (χ2n) is 4.83. The number of ether oxygens (including phenoxy) is 1. The van der Waals surface area contributed by atoms with Gasteiger partial charge in [0.25, 0.3) is 11.6 Å². The normalized spacial score (nSPS) is 22.1. The summed E-state index contributed by atoms with van der Waals surface area (Å²) < 4.78 is 18.7. The molecule has 1 aromatic carbocycles. The number of hydrogen-bond donors (Lipinski definition) is 0. The van der Waals surface area contributed by atoms with E-state index in [1.807, 2.05) is 0 Å². The number of nitro groups is 1. The highest BCUT2D eigenvalue weighted by Crippen LogP contribution is 2.24. The number of benzene rings is 1. The highest BCUT2D eigenvalue weighted by Gasteiger charge is 2.33. The van der Waals surface area contributed by atoms with Gasteiger partial charge in [0.05, 0.1) is 29.7 Å². The summed E-state index contributed by atoms with van der Waals surface area (Å²) in [6.07, 6.45) is -0.162. The lowest BCUT2D eigenvalue weighted by Gasteiger charge is -2.37. The SMILES string of the molecule is CC1COC(CBr)CN1C(=O)c1ccc(F)cc1[N+](=O)[O-]. The number of hydrogen-bond acceptors (Lipinski definition) is 4. The van der Waals surface area contributed by atoms with Crippen molar-refractivity contribution in [3.63, 3.8) is 0 Å². The Balaban J connectivity index is 2.32. The third-order valence-electron chi connectivity index (χ3n) is 3.33. The fourth-order valence-electron chi connectivity index (χ4n) is 2.19. The number of nitro benzene ring substituents is 1. The quantitative estimate of drug-likeness (QED) is 0.471. The van der Waals surface area contributed by atoms with Crippen LogP contribution in [0.3, 0.4) is 0 Å². The maximum absolute atomic E-state index is 13.2. The molecule has 1 saturated heterocycles. The summed E-state index contributed by atoms with van der Waals surface area (Å²) in [5.41, 5.74) is -0.627. The molecule has 1 aromatic rings. The molecular weight excluding hydrogens is 347 g/mol. The van der Waals surface area contributed by atoms with Crippen LogP contribution in [0, 0.1) is 15.9 Å². The first-order valence-corrected chi connectivity index (χ1v) is 7.48. The molecule has 2 rings (SSSR count). The molecular formula is C13H14BrFN2O4. The maximum atomic E-state index is 13.2. The first-order valence-electron chi connectivity index (χ1n) is 6.36. The Labute approximate surface area is 129 Å². The Morgan fingerprint density at radius 3 is 2.95 bits per heavy atom. The molecule has 6 nitrogen and oxygen atoms in total. The lowest BCUT2D eigenvalue weighted by molar-refractivity contribution is -0.385. The van der Waals surface area contributed by atoms with E-state index in [-0.39, 0.29) is 17.7 Å². The van der Waals surface area contributed by atoms with Gasteiger partial charge in [0.1, 0.15) is 11.4 Å². The molecule has 0 radical (unpaired) electrons. The molecule has 8 heteroatoms. The van der Waals surface area contributed by atoms with Gasteiger partial charge in [-0.05, 0) is 19.1 Å². The van der Waals surface area contributed by atoms with Gasteiger partial charge in [-0.3, -0.25) is 14.9 Å². The number of morpholine rings is 1. The van der Waals surface area contributed by atoms with E-state index < -0.39 is 22.3 Å². The summed E-state index contributed by atoms with van der Waals surface area (Å²) in [5, 5.41) is 11.6. The second-order valence-corrected chi connectivity index (χ2v) is 5.48. The predicted molar refractivity (Wildman–Crippen MR) is 77.1 cm³/mol. The topological polar surface area (TPSA) is 72.7 Å². The Hall–Kier alpha value is -1.54. The van der Waals surface area contributed by atoms with E-state index in [0.29, 0.717) is 18.5 Å². The molecule has 0 saturated carbocycles. The van der Waals surface area contributed by atoms with Crippen LogP contribution < -0.4 is 0 Å². The molecule has 0 N–H and O–H groups in total. The molecule has 21 heavy (non-hydrogen) atoms. The molecule has 114 valence electrons. The molecule has 0 spiro atoms. The molecule has 1 aliphatic rings. The van der Waals surface area contributed by atoms with E-state index in [1.54, 1.807) is 6.92 Å². The van der Waals surface area contributed by atoms with Crippen molar-refractivity contribution < 1.29 is 18.8 Å². The number of rotatable bonds is 3. The summed E-state index contributed by atoms with van der Waals surface area (Å²) in [6.45, 7) is 2.49. The number of amides is 1. The maximum Gasteiger partial charge on any atom is 0.285 e. The first kappa shape index (κ1) is 15.8. The number of nitrogens with zero attached hydrogens (tertiary/aromatic N) is 2. The van der Waals surface area contributed by atoms with Gasteiger partial charge in [-0.25, -0.2) is 4.39 Å². The van der Waals surface area contributed by atoms with E-state index in [2.05, 4.69) is 15.9 Å². The first-order chi connectivity index (χ1) is 9.93. The van der Waals surface area contributed by atoms with Crippen molar-refractivity contribution in [2.24, 2.45) is 0 Å². The zero-order chi connectivity index (χ0) is 15.6. The van der Waals surface area contributed by atoms with Crippen molar-refractivity contribution in [1.82, 2.24) is 4.90 Å². The Morgan fingerprint density at radius 1 is 1.62 bits per heavy atom. The molecule has 0 aromatic heterocycles. The minimum Gasteiger partial charge on any atom is -0.373 e. The van der Waals surface area contributed by atoms with Crippen LogP contribution in [0.2, 0.25) is 0 Å². The summed E-state index contributed by atoms with van der Waals surface area (Å²) in [6, 6.07) is 2.77. The lowest BCUT2D eigenvalue weighted by atomic mass is 10.1. The minimum atomic E-state index is -0.747. The second kappa shape index (κ2) is 6.48. The standard InChI is InChI=1S/C13H14BrFN2O4/c1-8-7-21-10(5-14)6-16(8)13(18)11-3-2-9(15)4-12(11)17(19)20/h2-4,8,10H,5-7H2,1H3. The van der Waals surface area contributed by atoms with Crippen molar-refractivity contribution in [3.8, 4) is 0 Å². The molecule has 1 fully saturated rings. The van der Waals surface area contributed by atoms with Crippen LogP contribution in [0.5, 0.6) is 0 Å². The van der Waals surface area contributed by atoms with Crippen LogP contribution in [-0.4, -0.2) is 46.4 Å². The summed E-state index contributed by atoms with van der Waals surface area (Å²) >= 11 is 3.29. The molecule has 1 amide bonds. The van der Waals surface area contributed by atoms with Crippen molar-refractivity contribution >= 4 is 27.5 Å². The van der Waals surface area contributed by atoms with Crippen molar-refractivity contribution in [1.29, 1.82) is 0 Å². The van der Waals surface area contributed by atoms with Gasteiger partial charge in [-0.1, -0.05) is 15.9 Å². The lowest BCUT2D eigenvalue weighted by Crippen LogP contribution is -2.51. The number of alkyl halides is 1. The zero-order valence-corrected chi connectivity index (χ0v) is 12.9. The smallest absolute Gasteiger partial charge is 0.285 e. The highest BCUT2D eigenvalue weighted by molar-refractivity contribution is 9.09. The van der Waals surface area contributed by atoms with Crippen LogP contribution in [0.15, 0.2) is 18.2 Å². The van der Waals surface area contributed by atoms with Crippen LogP contribution in [-0.2, 0) is 4.74 Å². The van der Waals surface area contributed by atoms with E-state index in [0.717, 1.165) is 18.2 Å². The molecule has 2 unspecified atom stereocenters. The van der Waals surface area contributed by atoms with E-state index >= 15 is 0 Å². The van der Waals surface area contributed by atoms with Crippen molar-refractivity contribution in [2.45, 2.75) is 19.1 Å². The van der Waals surface area contributed by atoms with Crippen LogP contribution in [0.4, 0.5) is 10.1 Å². The fraction of sp³-hybridized carbons (Fsp3) is 0.462. The van der Waals surface area contributed by atoms with Gasteiger partial charge in [0, 0.05) is 11.9 Å². The summed E-state index contributed by atoms with van der Waals surface area (Å²) in [7, 11) is 0. The number of carbonyl (C=O) groups is 1. The average Bonchev–Trinajstić information content (AvgIpc) is 2.47. The van der Waals surface area contributed by atoms with Crippen molar-refractivity contribution in [2.75, 3.05) is 18.5 Å². The Morgan fingerprint density at radius 2 is 2.33 bits per heavy atom. The monoisotopic (exact) mass is 360 g/mol. The third kappa shape index (κ3) is 3.38.